The minimum Gasteiger partial charge on any atom is -0.382 e. The van der Waals surface area contributed by atoms with Gasteiger partial charge in [-0.2, -0.15) is 0 Å². The van der Waals surface area contributed by atoms with Gasteiger partial charge in [0.1, 0.15) is 0 Å². The Bertz CT molecular complexity index is 486. The molecule has 2 unspecified atom stereocenters. The van der Waals surface area contributed by atoms with Crippen LogP contribution in [0.2, 0.25) is 0 Å². The van der Waals surface area contributed by atoms with Gasteiger partial charge in [0.15, 0.2) is 0 Å². The molecular weight excluding hydrogens is 248 g/mol. The minimum absolute atomic E-state index is 0.258. The summed E-state index contributed by atoms with van der Waals surface area (Å²) < 4.78 is 0. The van der Waals surface area contributed by atoms with E-state index in [0.717, 1.165) is 30.3 Å². The molecule has 108 valence electrons. The summed E-state index contributed by atoms with van der Waals surface area (Å²) in [5.41, 5.74) is 2.20. The van der Waals surface area contributed by atoms with E-state index in [1.165, 1.54) is 25.7 Å². The third-order valence-corrected chi connectivity index (χ3v) is 4.72. The van der Waals surface area contributed by atoms with E-state index in [2.05, 4.69) is 30.4 Å². The normalized spacial score (nSPS) is 26.2. The summed E-state index contributed by atoms with van der Waals surface area (Å²) in [4.78, 5) is 13.7. The van der Waals surface area contributed by atoms with Crippen molar-refractivity contribution in [3.05, 3.63) is 24.3 Å². The van der Waals surface area contributed by atoms with Gasteiger partial charge in [-0.3, -0.25) is 4.79 Å². The van der Waals surface area contributed by atoms with Crippen LogP contribution in [0.1, 0.15) is 45.4 Å². The molecule has 0 bridgehead atoms. The Morgan fingerprint density at radius 2 is 2.25 bits per heavy atom. The molecule has 3 nitrogen and oxygen atoms in total. The zero-order valence-electron chi connectivity index (χ0n) is 12.3. The molecule has 0 aromatic heterocycles. The summed E-state index contributed by atoms with van der Waals surface area (Å²) in [6, 6.07) is 8.93. The molecule has 2 atom stereocenters. The summed E-state index contributed by atoms with van der Waals surface area (Å²) in [5, 5.41) is 3.65. The third-order valence-electron chi connectivity index (χ3n) is 4.72. The van der Waals surface area contributed by atoms with Crippen molar-refractivity contribution in [1.29, 1.82) is 0 Å². The number of hydrogen-bond donors (Lipinski definition) is 1. The highest BCUT2D eigenvalue weighted by Crippen LogP contribution is 2.31. The molecule has 3 heteroatoms. The third kappa shape index (κ3) is 2.82. The summed E-state index contributed by atoms with van der Waals surface area (Å²) in [5.74, 6) is 1.14. The van der Waals surface area contributed by atoms with Crippen molar-refractivity contribution in [2.75, 3.05) is 16.8 Å². The highest BCUT2D eigenvalue weighted by atomic mass is 16.2. The van der Waals surface area contributed by atoms with Crippen molar-refractivity contribution in [2.24, 2.45) is 5.92 Å². The fraction of sp³-hybridized carbons (Fsp3) is 0.588. The Balaban J connectivity index is 1.67. The topological polar surface area (TPSA) is 32.3 Å². The van der Waals surface area contributed by atoms with Crippen LogP contribution in [0.15, 0.2) is 24.3 Å². The van der Waals surface area contributed by atoms with Gasteiger partial charge in [0, 0.05) is 30.4 Å². The van der Waals surface area contributed by atoms with Gasteiger partial charge in [-0.15, -0.1) is 0 Å². The molecule has 1 aromatic carbocycles. The maximum Gasteiger partial charge on any atom is 0.227 e. The molecule has 1 N–H and O–H groups in total. The van der Waals surface area contributed by atoms with Crippen LogP contribution in [-0.4, -0.2) is 18.5 Å². The monoisotopic (exact) mass is 272 g/mol. The van der Waals surface area contributed by atoms with E-state index in [1.54, 1.807) is 0 Å². The maximum atomic E-state index is 11.8. The number of carbonyl (C=O) groups excluding carboxylic acids is 1. The molecule has 1 heterocycles. The second-order valence-electron chi connectivity index (χ2n) is 6.13. The lowest BCUT2D eigenvalue weighted by Gasteiger charge is -2.19. The Hall–Kier alpha value is -1.51. The van der Waals surface area contributed by atoms with E-state index in [1.807, 2.05) is 11.0 Å². The van der Waals surface area contributed by atoms with Gasteiger partial charge in [0.25, 0.3) is 0 Å². The lowest BCUT2D eigenvalue weighted by Crippen LogP contribution is -2.24. The molecule has 20 heavy (non-hydrogen) atoms. The maximum absolute atomic E-state index is 11.8. The van der Waals surface area contributed by atoms with Gasteiger partial charge in [0.2, 0.25) is 5.91 Å². The zero-order valence-corrected chi connectivity index (χ0v) is 12.3. The van der Waals surface area contributed by atoms with Gasteiger partial charge >= 0.3 is 0 Å². The summed E-state index contributed by atoms with van der Waals surface area (Å²) >= 11 is 0. The van der Waals surface area contributed by atoms with Crippen LogP contribution in [0.4, 0.5) is 11.4 Å². The first-order valence-corrected chi connectivity index (χ1v) is 7.93. The van der Waals surface area contributed by atoms with Gasteiger partial charge in [0.05, 0.1) is 0 Å². The van der Waals surface area contributed by atoms with Gasteiger partial charge in [-0.05, 0) is 49.8 Å². The zero-order chi connectivity index (χ0) is 13.9. The standard InChI is InChI=1S/C17H24N2O/c1-2-13-8-9-15(11-13)18-14-5-3-6-16(12-14)19-10-4-7-17(19)20/h3,5-6,12-13,15,18H,2,4,7-11H2,1H3. The Morgan fingerprint density at radius 3 is 2.95 bits per heavy atom. The van der Waals surface area contributed by atoms with Crippen molar-refractivity contribution in [3.8, 4) is 0 Å². The van der Waals surface area contributed by atoms with Crippen LogP contribution in [0.3, 0.4) is 0 Å². The molecule has 1 amide bonds. The van der Waals surface area contributed by atoms with Crippen molar-refractivity contribution in [1.82, 2.24) is 0 Å². The average molecular weight is 272 g/mol. The van der Waals surface area contributed by atoms with E-state index >= 15 is 0 Å². The van der Waals surface area contributed by atoms with Crippen LogP contribution in [0, 0.1) is 5.92 Å². The molecule has 1 saturated carbocycles. The van der Waals surface area contributed by atoms with Gasteiger partial charge in [-0.1, -0.05) is 19.4 Å². The Kier molecular flexibility index (Phi) is 3.95. The quantitative estimate of drug-likeness (QED) is 0.904. The van der Waals surface area contributed by atoms with Gasteiger partial charge in [-0.25, -0.2) is 0 Å². The van der Waals surface area contributed by atoms with Crippen LogP contribution in [-0.2, 0) is 4.79 Å². The number of benzene rings is 1. The van der Waals surface area contributed by atoms with Gasteiger partial charge < -0.3 is 10.2 Å². The predicted octanol–water partition coefficient (Wildman–Crippen LogP) is 3.80. The largest absolute Gasteiger partial charge is 0.382 e. The first kappa shape index (κ1) is 13.5. The smallest absolute Gasteiger partial charge is 0.227 e. The highest BCUT2D eigenvalue weighted by Gasteiger charge is 2.24. The van der Waals surface area contributed by atoms with Crippen LogP contribution in [0.5, 0.6) is 0 Å². The molecule has 1 aromatic rings. The average Bonchev–Trinajstić information content (AvgIpc) is 3.08. The Morgan fingerprint density at radius 1 is 1.35 bits per heavy atom. The lowest BCUT2D eigenvalue weighted by atomic mass is 10.1. The fourth-order valence-corrected chi connectivity index (χ4v) is 3.50. The number of hydrogen-bond acceptors (Lipinski definition) is 2. The fourth-order valence-electron chi connectivity index (χ4n) is 3.50. The van der Waals surface area contributed by atoms with Crippen LogP contribution in [0.25, 0.3) is 0 Å². The highest BCUT2D eigenvalue weighted by molar-refractivity contribution is 5.95. The van der Waals surface area contributed by atoms with E-state index in [4.69, 9.17) is 0 Å². The summed E-state index contributed by atoms with van der Waals surface area (Å²) in [7, 11) is 0. The van der Waals surface area contributed by atoms with Crippen molar-refractivity contribution >= 4 is 17.3 Å². The predicted molar refractivity (Wildman–Crippen MR) is 83.1 cm³/mol. The molecule has 0 spiro atoms. The Labute approximate surface area is 121 Å². The number of anilines is 2. The second-order valence-corrected chi connectivity index (χ2v) is 6.13. The SMILES string of the molecule is CCC1CCC(Nc2cccc(N3CCCC3=O)c2)C1. The number of amides is 1. The molecule has 0 radical (unpaired) electrons. The summed E-state index contributed by atoms with van der Waals surface area (Å²) in [6.07, 6.45) is 6.86. The minimum atomic E-state index is 0.258. The number of nitrogens with zero attached hydrogens (tertiary/aromatic N) is 1. The van der Waals surface area contributed by atoms with Crippen molar-refractivity contribution in [2.45, 2.75) is 51.5 Å². The lowest BCUT2D eigenvalue weighted by molar-refractivity contribution is -0.117. The molecule has 2 fully saturated rings. The molecule has 1 saturated heterocycles. The van der Waals surface area contributed by atoms with E-state index in [-0.39, 0.29) is 5.91 Å². The first-order chi connectivity index (χ1) is 9.76. The molecule has 1 aliphatic heterocycles. The number of rotatable bonds is 4. The van der Waals surface area contributed by atoms with Crippen molar-refractivity contribution < 1.29 is 4.79 Å². The first-order valence-electron chi connectivity index (χ1n) is 7.93. The molecule has 1 aliphatic carbocycles. The molecule has 2 aliphatic rings. The van der Waals surface area contributed by atoms with E-state index in [9.17, 15) is 4.79 Å². The van der Waals surface area contributed by atoms with E-state index in [0.29, 0.717) is 12.5 Å². The molecule has 3 rings (SSSR count). The number of nitrogens with one attached hydrogen (secondary N) is 1. The molecular formula is C17H24N2O. The van der Waals surface area contributed by atoms with Crippen LogP contribution < -0.4 is 10.2 Å². The van der Waals surface area contributed by atoms with E-state index < -0.39 is 0 Å². The summed E-state index contributed by atoms with van der Waals surface area (Å²) in [6.45, 7) is 3.15. The van der Waals surface area contributed by atoms with Crippen LogP contribution >= 0.6 is 0 Å². The number of carbonyl (C=O) groups is 1. The second kappa shape index (κ2) is 5.86. The van der Waals surface area contributed by atoms with Crippen molar-refractivity contribution in [3.63, 3.8) is 0 Å².